The van der Waals surface area contributed by atoms with Crippen LogP contribution in [0.3, 0.4) is 0 Å². The number of benzene rings is 1. The molecule has 1 N–H and O–H groups in total. The van der Waals surface area contributed by atoms with E-state index in [1.165, 1.54) is 24.0 Å². The summed E-state index contributed by atoms with van der Waals surface area (Å²) >= 11 is 0. The smallest absolute Gasteiger partial charge is 0.0233 e. The Labute approximate surface area is 124 Å². The SMILES string of the molecule is C=CCCCN(C)Cc1ccccc1CCNCCC. The van der Waals surface area contributed by atoms with Crippen LogP contribution in [0.15, 0.2) is 36.9 Å². The van der Waals surface area contributed by atoms with Crippen LogP contribution in [0, 0.1) is 0 Å². The largest absolute Gasteiger partial charge is 0.316 e. The van der Waals surface area contributed by atoms with E-state index in [1.807, 2.05) is 6.08 Å². The number of rotatable bonds is 11. The van der Waals surface area contributed by atoms with Gasteiger partial charge in [-0.15, -0.1) is 6.58 Å². The molecule has 0 heterocycles. The van der Waals surface area contributed by atoms with E-state index in [9.17, 15) is 0 Å². The first kappa shape index (κ1) is 16.9. The topological polar surface area (TPSA) is 15.3 Å². The zero-order valence-corrected chi connectivity index (χ0v) is 13.2. The molecule has 0 unspecified atom stereocenters. The maximum absolute atomic E-state index is 3.78. The molecule has 0 saturated heterocycles. The summed E-state index contributed by atoms with van der Waals surface area (Å²) in [6.45, 7) is 10.4. The molecule has 1 aromatic carbocycles. The molecule has 0 atom stereocenters. The third-order valence-electron chi connectivity index (χ3n) is 3.50. The molecule has 0 saturated carbocycles. The molecule has 0 aliphatic carbocycles. The number of nitrogens with zero attached hydrogens (tertiary/aromatic N) is 1. The van der Waals surface area contributed by atoms with E-state index >= 15 is 0 Å². The standard InChI is InChI=1S/C18H30N2/c1-4-6-9-15-20(3)16-18-11-8-7-10-17(18)12-14-19-13-5-2/h4,7-8,10-11,19H,1,5-6,9,12-16H2,2-3H3. The minimum atomic E-state index is 1.04. The second-order valence-corrected chi connectivity index (χ2v) is 5.44. The first-order chi connectivity index (χ1) is 9.77. The van der Waals surface area contributed by atoms with Crippen LogP contribution in [0.4, 0.5) is 0 Å². The highest BCUT2D eigenvalue weighted by atomic mass is 15.1. The van der Waals surface area contributed by atoms with Gasteiger partial charge in [0.25, 0.3) is 0 Å². The second kappa shape index (κ2) is 10.6. The van der Waals surface area contributed by atoms with Gasteiger partial charge >= 0.3 is 0 Å². The maximum atomic E-state index is 3.78. The van der Waals surface area contributed by atoms with Crippen LogP contribution in [-0.4, -0.2) is 31.6 Å². The summed E-state index contributed by atoms with van der Waals surface area (Å²) in [5.74, 6) is 0. The van der Waals surface area contributed by atoms with Crippen LogP contribution in [0.1, 0.15) is 37.3 Å². The molecule has 20 heavy (non-hydrogen) atoms. The van der Waals surface area contributed by atoms with Crippen molar-refractivity contribution in [3.05, 3.63) is 48.0 Å². The van der Waals surface area contributed by atoms with Gasteiger partial charge in [-0.3, -0.25) is 0 Å². The van der Waals surface area contributed by atoms with Gasteiger partial charge in [-0.1, -0.05) is 37.3 Å². The fourth-order valence-electron chi connectivity index (χ4n) is 2.36. The Morgan fingerprint density at radius 1 is 1.20 bits per heavy atom. The molecular formula is C18H30N2. The van der Waals surface area contributed by atoms with Crippen molar-refractivity contribution in [3.63, 3.8) is 0 Å². The first-order valence-electron chi connectivity index (χ1n) is 7.84. The highest BCUT2D eigenvalue weighted by Gasteiger charge is 2.05. The lowest BCUT2D eigenvalue weighted by atomic mass is 10.0. The van der Waals surface area contributed by atoms with Crippen LogP contribution in [0.5, 0.6) is 0 Å². The van der Waals surface area contributed by atoms with Gasteiger partial charge in [-0.25, -0.2) is 0 Å². The van der Waals surface area contributed by atoms with Crippen LogP contribution >= 0.6 is 0 Å². The first-order valence-corrected chi connectivity index (χ1v) is 7.84. The van der Waals surface area contributed by atoms with Gasteiger partial charge in [0.05, 0.1) is 0 Å². The Kier molecular flexibility index (Phi) is 9.01. The predicted molar refractivity (Wildman–Crippen MR) is 89.1 cm³/mol. The zero-order valence-electron chi connectivity index (χ0n) is 13.2. The van der Waals surface area contributed by atoms with Crippen LogP contribution in [0.25, 0.3) is 0 Å². The number of nitrogens with one attached hydrogen (secondary N) is 1. The molecule has 1 aromatic rings. The van der Waals surface area contributed by atoms with Crippen molar-refractivity contribution in [1.82, 2.24) is 10.2 Å². The van der Waals surface area contributed by atoms with Crippen molar-refractivity contribution in [3.8, 4) is 0 Å². The van der Waals surface area contributed by atoms with E-state index in [-0.39, 0.29) is 0 Å². The molecule has 2 heteroatoms. The van der Waals surface area contributed by atoms with Gasteiger partial charge in [-0.2, -0.15) is 0 Å². The molecule has 0 radical (unpaired) electrons. The average Bonchev–Trinajstić information content (AvgIpc) is 2.45. The second-order valence-electron chi connectivity index (χ2n) is 5.44. The summed E-state index contributed by atoms with van der Waals surface area (Å²) in [6, 6.07) is 8.83. The molecule has 0 amide bonds. The van der Waals surface area contributed by atoms with Crippen molar-refractivity contribution in [2.75, 3.05) is 26.7 Å². The van der Waals surface area contributed by atoms with Gasteiger partial charge in [0.1, 0.15) is 0 Å². The minimum Gasteiger partial charge on any atom is -0.316 e. The summed E-state index contributed by atoms with van der Waals surface area (Å²) in [4.78, 5) is 2.40. The fourth-order valence-corrected chi connectivity index (χ4v) is 2.36. The lowest BCUT2D eigenvalue weighted by Gasteiger charge is -2.18. The Morgan fingerprint density at radius 2 is 1.95 bits per heavy atom. The monoisotopic (exact) mass is 274 g/mol. The summed E-state index contributed by atoms with van der Waals surface area (Å²) in [5, 5.41) is 3.48. The molecule has 0 spiro atoms. The predicted octanol–water partition coefficient (Wildman–Crippen LogP) is 3.63. The van der Waals surface area contributed by atoms with Crippen LogP contribution < -0.4 is 5.32 Å². The summed E-state index contributed by atoms with van der Waals surface area (Å²) < 4.78 is 0. The number of unbranched alkanes of at least 4 members (excludes halogenated alkanes) is 1. The molecular weight excluding hydrogens is 244 g/mol. The average molecular weight is 274 g/mol. The molecule has 0 aromatic heterocycles. The Morgan fingerprint density at radius 3 is 2.65 bits per heavy atom. The van der Waals surface area contributed by atoms with Gasteiger partial charge in [-0.05, 0) is 63.5 Å². The van der Waals surface area contributed by atoms with E-state index in [0.717, 1.165) is 39.0 Å². The van der Waals surface area contributed by atoms with E-state index in [0.29, 0.717) is 0 Å². The van der Waals surface area contributed by atoms with Crippen molar-refractivity contribution >= 4 is 0 Å². The molecule has 0 aliphatic rings. The third-order valence-corrected chi connectivity index (χ3v) is 3.50. The number of hydrogen-bond donors (Lipinski definition) is 1. The van der Waals surface area contributed by atoms with Crippen molar-refractivity contribution in [2.45, 2.75) is 39.2 Å². The van der Waals surface area contributed by atoms with Gasteiger partial charge in [0.2, 0.25) is 0 Å². The number of allylic oxidation sites excluding steroid dienone is 1. The number of hydrogen-bond acceptors (Lipinski definition) is 2. The Balaban J connectivity index is 2.45. The Hall–Kier alpha value is -1.12. The van der Waals surface area contributed by atoms with Crippen molar-refractivity contribution < 1.29 is 0 Å². The third kappa shape index (κ3) is 6.88. The quantitative estimate of drug-likeness (QED) is 0.490. The summed E-state index contributed by atoms with van der Waals surface area (Å²) in [6.07, 6.45) is 6.62. The highest BCUT2D eigenvalue weighted by molar-refractivity contribution is 5.27. The van der Waals surface area contributed by atoms with Crippen LogP contribution in [0.2, 0.25) is 0 Å². The molecule has 0 aliphatic heterocycles. The normalized spacial score (nSPS) is 10.9. The summed E-state index contributed by atoms with van der Waals surface area (Å²) in [5.41, 5.74) is 2.94. The minimum absolute atomic E-state index is 1.04. The van der Waals surface area contributed by atoms with E-state index < -0.39 is 0 Å². The molecule has 0 fully saturated rings. The highest BCUT2D eigenvalue weighted by Crippen LogP contribution is 2.12. The van der Waals surface area contributed by atoms with Gasteiger partial charge in [0.15, 0.2) is 0 Å². The van der Waals surface area contributed by atoms with Crippen molar-refractivity contribution in [2.24, 2.45) is 0 Å². The molecule has 1 rings (SSSR count). The van der Waals surface area contributed by atoms with E-state index in [1.54, 1.807) is 0 Å². The molecule has 112 valence electrons. The van der Waals surface area contributed by atoms with Crippen molar-refractivity contribution in [1.29, 1.82) is 0 Å². The lowest BCUT2D eigenvalue weighted by Crippen LogP contribution is -2.21. The van der Waals surface area contributed by atoms with E-state index in [4.69, 9.17) is 0 Å². The zero-order chi connectivity index (χ0) is 14.6. The van der Waals surface area contributed by atoms with Gasteiger partial charge in [0, 0.05) is 6.54 Å². The Bertz CT molecular complexity index is 373. The maximum Gasteiger partial charge on any atom is 0.0233 e. The molecule has 0 bridgehead atoms. The molecule has 2 nitrogen and oxygen atoms in total. The summed E-state index contributed by atoms with van der Waals surface area (Å²) in [7, 11) is 2.20. The van der Waals surface area contributed by atoms with Gasteiger partial charge < -0.3 is 10.2 Å². The fraction of sp³-hybridized carbons (Fsp3) is 0.556. The van der Waals surface area contributed by atoms with Crippen LogP contribution in [-0.2, 0) is 13.0 Å². The van der Waals surface area contributed by atoms with E-state index in [2.05, 4.69) is 55.0 Å². The lowest BCUT2D eigenvalue weighted by molar-refractivity contribution is 0.322.